The lowest BCUT2D eigenvalue weighted by atomic mass is 9.83. The zero-order valence-electron chi connectivity index (χ0n) is 15.3. The number of nitrogens with one attached hydrogen (secondary N) is 2. The molecule has 148 valence electrons. The van der Waals surface area contributed by atoms with E-state index in [-0.39, 0.29) is 24.7 Å². The molecule has 1 aliphatic heterocycles. The van der Waals surface area contributed by atoms with Gasteiger partial charge in [-0.25, -0.2) is 14.1 Å². The van der Waals surface area contributed by atoms with Crippen molar-refractivity contribution in [3.8, 4) is 5.75 Å². The molecular weight excluding hydrogens is 368 g/mol. The predicted molar refractivity (Wildman–Crippen MR) is 95.1 cm³/mol. The number of amides is 4. The van der Waals surface area contributed by atoms with Gasteiger partial charge in [-0.1, -0.05) is 12.1 Å². The minimum absolute atomic E-state index is 0.0549. The lowest BCUT2D eigenvalue weighted by Crippen LogP contribution is -2.58. The van der Waals surface area contributed by atoms with Crippen LogP contribution in [0.3, 0.4) is 0 Å². The Morgan fingerprint density at radius 3 is 2.43 bits per heavy atom. The second-order valence-electron chi connectivity index (χ2n) is 6.56. The number of aromatic nitrogens is 2. The van der Waals surface area contributed by atoms with E-state index in [1.807, 2.05) is 10.6 Å². The third-order valence-corrected chi connectivity index (χ3v) is 4.92. The number of aliphatic hydroxyl groups is 1. The summed E-state index contributed by atoms with van der Waals surface area (Å²) >= 11 is 0. The minimum atomic E-state index is -1.43. The summed E-state index contributed by atoms with van der Waals surface area (Å²) in [5.41, 5.74) is 1.25. The van der Waals surface area contributed by atoms with Crippen LogP contribution in [0, 0.1) is 25.0 Å². The van der Waals surface area contributed by atoms with Crippen molar-refractivity contribution in [2.45, 2.75) is 26.3 Å². The van der Waals surface area contributed by atoms with Crippen molar-refractivity contribution in [2.75, 3.05) is 6.61 Å². The first-order valence-corrected chi connectivity index (χ1v) is 8.60. The van der Waals surface area contributed by atoms with Crippen LogP contribution in [0.2, 0.25) is 0 Å². The molecule has 1 aliphatic rings. The molecule has 1 atom stereocenters. The van der Waals surface area contributed by atoms with E-state index in [4.69, 9.17) is 0 Å². The van der Waals surface area contributed by atoms with E-state index < -0.39 is 29.7 Å². The van der Waals surface area contributed by atoms with Crippen LogP contribution in [0.25, 0.3) is 0 Å². The number of hydrogen-bond donors (Lipinski definition) is 4. The van der Waals surface area contributed by atoms with Gasteiger partial charge < -0.3 is 15.4 Å². The molecule has 3 rings (SSSR count). The van der Waals surface area contributed by atoms with Crippen LogP contribution in [0.4, 0.5) is 4.79 Å². The first-order chi connectivity index (χ1) is 13.3. The summed E-state index contributed by atoms with van der Waals surface area (Å²) in [6.45, 7) is 3.08. The Hall–Kier alpha value is -3.40. The average molecular weight is 388 g/mol. The van der Waals surface area contributed by atoms with E-state index in [2.05, 4.69) is 0 Å². The number of benzene rings is 1. The molecule has 0 aliphatic carbocycles. The van der Waals surface area contributed by atoms with E-state index in [9.17, 15) is 29.8 Å². The van der Waals surface area contributed by atoms with Gasteiger partial charge in [0, 0.05) is 13.8 Å². The number of urea groups is 1. The second-order valence-corrected chi connectivity index (χ2v) is 6.56. The van der Waals surface area contributed by atoms with Gasteiger partial charge in [0.15, 0.2) is 0 Å². The summed E-state index contributed by atoms with van der Waals surface area (Å²) < 4.78 is 2.14. The fourth-order valence-electron chi connectivity index (χ4n) is 3.51. The Kier molecular flexibility index (Phi) is 5.06. The van der Waals surface area contributed by atoms with Gasteiger partial charge in [-0.3, -0.25) is 20.2 Å². The molecule has 0 bridgehead atoms. The van der Waals surface area contributed by atoms with Gasteiger partial charge in [-0.15, -0.1) is 0 Å². The summed E-state index contributed by atoms with van der Waals surface area (Å²) in [5.74, 6) is -4.29. The van der Waals surface area contributed by atoms with Crippen LogP contribution in [-0.4, -0.2) is 39.2 Å². The number of rotatable bonds is 5. The monoisotopic (exact) mass is 388 g/mol. The highest BCUT2D eigenvalue weighted by molar-refractivity contribution is 6.16. The van der Waals surface area contributed by atoms with Crippen LogP contribution in [0.5, 0.6) is 5.75 Å². The maximum atomic E-state index is 12.9. The Balaban J connectivity index is 2.27. The van der Waals surface area contributed by atoms with E-state index in [1.54, 1.807) is 19.9 Å². The van der Waals surface area contributed by atoms with Gasteiger partial charge in [0.1, 0.15) is 35.5 Å². The molecule has 0 saturated carbocycles. The minimum Gasteiger partial charge on any atom is -0.711 e. The Morgan fingerprint density at radius 2 is 1.86 bits per heavy atom. The Bertz CT molecular complexity index is 947. The van der Waals surface area contributed by atoms with Crippen molar-refractivity contribution in [2.24, 2.45) is 5.92 Å². The highest BCUT2D eigenvalue weighted by Gasteiger charge is 2.47. The van der Waals surface area contributed by atoms with Gasteiger partial charge in [-0.05, 0) is 17.7 Å². The van der Waals surface area contributed by atoms with Gasteiger partial charge in [0.2, 0.25) is 11.8 Å². The molecule has 1 fully saturated rings. The number of imide groups is 2. The van der Waals surface area contributed by atoms with E-state index in [1.165, 1.54) is 22.8 Å². The molecule has 1 saturated heterocycles. The quantitative estimate of drug-likeness (QED) is 0.310. The molecule has 2 aromatic rings. The van der Waals surface area contributed by atoms with Crippen LogP contribution in [0.1, 0.15) is 28.7 Å². The fraction of sp³-hybridized carbons (Fsp3) is 0.333. The molecule has 2 heterocycles. The average Bonchev–Trinajstić information content (AvgIpc) is 2.83. The van der Waals surface area contributed by atoms with Crippen molar-refractivity contribution in [3.63, 3.8) is 0 Å². The van der Waals surface area contributed by atoms with E-state index >= 15 is 0 Å². The summed E-state index contributed by atoms with van der Waals surface area (Å²) in [5, 5.41) is 36.4. The normalized spacial score (nSPS) is 16.0. The number of carbonyl (C=O) groups excluding carboxylic acids is 3. The lowest BCUT2D eigenvalue weighted by molar-refractivity contribution is -0.621. The van der Waals surface area contributed by atoms with Crippen LogP contribution in [-0.2, 0) is 16.1 Å². The number of barbiturate groups is 1. The van der Waals surface area contributed by atoms with Crippen LogP contribution >= 0.6 is 0 Å². The number of hydrogen-bond acceptors (Lipinski definition) is 6. The Labute approximate surface area is 160 Å². The largest absolute Gasteiger partial charge is 0.711 e. The number of carbonyl (C=O) groups is 3. The smallest absolute Gasteiger partial charge is 0.328 e. The second kappa shape index (κ2) is 7.31. The molecule has 10 nitrogen and oxygen atoms in total. The number of phenolic OH excluding ortho intramolecular Hbond substituents is 1. The molecule has 4 N–H and O–H groups in total. The third-order valence-electron chi connectivity index (χ3n) is 4.92. The molecule has 10 heteroatoms. The maximum Gasteiger partial charge on any atom is 0.328 e. The molecule has 0 radical (unpaired) electrons. The van der Waals surface area contributed by atoms with E-state index in [0.717, 1.165) is 0 Å². The molecule has 0 spiro atoms. The first-order valence-electron chi connectivity index (χ1n) is 8.60. The van der Waals surface area contributed by atoms with Crippen molar-refractivity contribution in [1.29, 1.82) is 0 Å². The van der Waals surface area contributed by atoms with Gasteiger partial charge in [-0.2, -0.15) is 0 Å². The zero-order chi connectivity index (χ0) is 20.6. The molecule has 1 aromatic carbocycles. The van der Waals surface area contributed by atoms with Crippen molar-refractivity contribution >= 4 is 17.8 Å². The predicted octanol–water partition coefficient (Wildman–Crippen LogP) is -0.450. The van der Waals surface area contributed by atoms with Crippen molar-refractivity contribution in [3.05, 3.63) is 52.2 Å². The van der Waals surface area contributed by atoms with Crippen molar-refractivity contribution in [1.82, 2.24) is 15.2 Å². The summed E-state index contributed by atoms with van der Waals surface area (Å²) in [6.07, 6.45) is 0. The summed E-state index contributed by atoms with van der Waals surface area (Å²) in [7, 11) is 0. The Morgan fingerprint density at radius 1 is 1.21 bits per heavy atom. The molecule has 1 unspecified atom stereocenters. The maximum absolute atomic E-state index is 12.9. The van der Waals surface area contributed by atoms with Gasteiger partial charge in [0.25, 0.3) is 5.82 Å². The van der Waals surface area contributed by atoms with Crippen LogP contribution < -0.4 is 15.4 Å². The molecule has 1 aromatic heterocycles. The number of nitrogens with zero attached hydrogens (tertiary/aromatic N) is 2. The highest BCUT2D eigenvalue weighted by atomic mass is 16.5. The molecule has 28 heavy (non-hydrogen) atoms. The standard InChI is InChI=1S/C18H20N4O6/c1-9-10(2)22(28)17(21(9)6-7-23)13(11-4-3-5-12(24)8-11)14-15(25)19-18(27)20-16(14)26/h3-5,8,13-14,23-24H,6-7H2,1-2H3,(H2,19,20,25,26,27). The van der Waals surface area contributed by atoms with Gasteiger partial charge >= 0.3 is 6.03 Å². The number of aromatic hydroxyl groups is 1. The SMILES string of the molecule is Cc1c(C)[n+]([O-])c(C(c2cccc(O)c2)C2C(=O)NC(=O)NC2=O)n1CCO. The molecular formula is C18H20N4O6. The van der Waals surface area contributed by atoms with Crippen LogP contribution in [0.15, 0.2) is 24.3 Å². The van der Waals surface area contributed by atoms with E-state index in [0.29, 0.717) is 21.7 Å². The lowest BCUT2D eigenvalue weighted by Gasteiger charge is -2.27. The number of phenols is 1. The van der Waals surface area contributed by atoms with Gasteiger partial charge in [0.05, 0.1) is 6.61 Å². The number of imidazole rings is 1. The van der Waals surface area contributed by atoms with Crippen molar-refractivity contribution < 1.29 is 29.3 Å². The fourth-order valence-corrected chi connectivity index (χ4v) is 3.51. The highest BCUT2D eigenvalue weighted by Crippen LogP contribution is 2.34. The summed E-state index contributed by atoms with van der Waals surface area (Å²) in [6, 6.07) is 4.93. The topological polar surface area (TPSA) is 148 Å². The molecule has 4 amide bonds. The first kappa shape index (κ1) is 19.4. The summed E-state index contributed by atoms with van der Waals surface area (Å²) in [4.78, 5) is 36.5. The zero-order valence-corrected chi connectivity index (χ0v) is 15.3. The number of aliphatic hydroxyl groups excluding tert-OH is 1. The third kappa shape index (κ3) is 3.18.